The van der Waals surface area contributed by atoms with Gasteiger partial charge < -0.3 is 18.7 Å². The Labute approximate surface area is 215 Å². The third-order valence-corrected chi connectivity index (χ3v) is 8.96. The van der Waals surface area contributed by atoms with E-state index in [1.807, 2.05) is 6.92 Å². The summed E-state index contributed by atoms with van der Waals surface area (Å²) in [4.78, 5) is 22.6. The molecule has 0 radical (unpaired) electrons. The average Bonchev–Trinajstić information content (AvgIpc) is 3.24. The number of hydrogen-bond acceptors (Lipinski definition) is 9. The van der Waals surface area contributed by atoms with Crippen molar-refractivity contribution in [2.75, 3.05) is 6.61 Å². The third kappa shape index (κ3) is 4.19. The molecule has 2 aromatic rings. The van der Waals surface area contributed by atoms with Crippen LogP contribution in [-0.2, 0) is 30.4 Å². The van der Waals surface area contributed by atoms with Crippen LogP contribution in [0, 0.1) is 33.8 Å². The first-order chi connectivity index (χ1) is 17.8. The minimum Gasteiger partial charge on any atom is -0.364 e. The lowest BCUT2D eigenvalue weighted by atomic mass is 9.58. The fraction of sp³-hybridized carbons (Fsp3) is 0.667. The van der Waals surface area contributed by atoms with Crippen LogP contribution in [0.4, 0.5) is 5.69 Å². The second-order valence-corrected chi connectivity index (χ2v) is 11.2. The van der Waals surface area contributed by atoms with Crippen LogP contribution < -0.4 is 0 Å². The van der Waals surface area contributed by atoms with E-state index in [-0.39, 0.29) is 17.5 Å². The molecule has 2 bridgehead atoms. The number of ether oxygens (including phenoxy) is 3. The fourth-order valence-electron chi connectivity index (χ4n) is 6.94. The lowest BCUT2D eigenvalue weighted by Gasteiger charge is -2.60. The van der Waals surface area contributed by atoms with Crippen molar-refractivity contribution in [2.45, 2.75) is 83.3 Å². The van der Waals surface area contributed by atoms with E-state index < -0.39 is 28.9 Å². The highest BCUT2D eigenvalue weighted by Crippen LogP contribution is 2.60. The van der Waals surface area contributed by atoms with Crippen molar-refractivity contribution in [3.05, 3.63) is 46.2 Å². The first-order valence-corrected chi connectivity index (χ1v) is 13.3. The minimum atomic E-state index is -0.800. The summed E-state index contributed by atoms with van der Waals surface area (Å²) in [6.07, 6.45) is 6.12. The lowest BCUT2D eigenvalue weighted by molar-refractivity contribution is -0.577. The Kier molecular flexibility index (Phi) is 6.35. The Balaban J connectivity index is 1.10. The van der Waals surface area contributed by atoms with Crippen LogP contribution in [0.5, 0.6) is 0 Å². The SMILES string of the molecule is C[C@H]1[C@H](OCCCc2conc2-c2ccc([N+](=O)[O-])cc2)O[C@@H]2O[C@@]3(C)CC[C@H]4[C@H](C)CC[C@@H]1[C@@]24OO3. The normalized spacial score (nSPS) is 38.7. The first kappa shape index (κ1) is 24.9. The number of aromatic nitrogens is 1. The number of benzene rings is 1. The average molecular weight is 515 g/mol. The van der Waals surface area contributed by atoms with E-state index in [1.165, 1.54) is 12.1 Å². The number of rotatable bonds is 7. The molecular weight excluding hydrogens is 480 g/mol. The molecule has 5 aliphatic rings. The summed E-state index contributed by atoms with van der Waals surface area (Å²) >= 11 is 0. The Morgan fingerprint density at radius 1 is 1.14 bits per heavy atom. The van der Waals surface area contributed by atoms with Gasteiger partial charge in [-0.1, -0.05) is 19.0 Å². The van der Waals surface area contributed by atoms with Crippen LogP contribution in [0.25, 0.3) is 11.3 Å². The molecule has 5 fully saturated rings. The van der Waals surface area contributed by atoms with Crippen molar-refractivity contribution in [3.8, 4) is 11.3 Å². The van der Waals surface area contributed by atoms with Gasteiger partial charge in [0.1, 0.15) is 12.0 Å². The van der Waals surface area contributed by atoms with E-state index in [9.17, 15) is 10.1 Å². The van der Waals surface area contributed by atoms with Crippen LogP contribution in [-0.4, -0.2) is 40.7 Å². The monoisotopic (exact) mass is 514 g/mol. The van der Waals surface area contributed by atoms with Crippen molar-refractivity contribution in [1.82, 2.24) is 5.16 Å². The van der Waals surface area contributed by atoms with E-state index >= 15 is 0 Å². The topological polar surface area (TPSA) is 115 Å². The minimum absolute atomic E-state index is 0.0427. The lowest BCUT2D eigenvalue weighted by Crippen LogP contribution is -2.70. The van der Waals surface area contributed by atoms with Gasteiger partial charge in [0.05, 0.1) is 11.5 Å². The number of nitro benzene ring substituents is 1. The fourth-order valence-corrected chi connectivity index (χ4v) is 6.94. The highest BCUT2D eigenvalue weighted by Gasteiger charge is 2.69. The Bertz CT molecular complexity index is 1140. The molecule has 10 heteroatoms. The number of fused-ring (bicyclic) bond motifs is 2. The molecule has 0 unspecified atom stereocenters. The zero-order chi connectivity index (χ0) is 25.8. The van der Waals surface area contributed by atoms with E-state index in [0.29, 0.717) is 30.6 Å². The largest absolute Gasteiger partial charge is 0.364 e. The predicted molar refractivity (Wildman–Crippen MR) is 130 cm³/mol. The summed E-state index contributed by atoms with van der Waals surface area (Å²) in [7, 11) is 0. The van der Waals surface area contributed by atoms with Crippen molar-refractivity contribution in [2.24, 2.45) is 23.7 Å². The van der Waals surface area contributed by atoms with E-state index in [4.69, 9.17) is 28.5 Å². The number of nitro groups is 1. The molecule has 10 nitrogen and oxygen atoms in total. The molecule has 1 aliphatic carbocycles. The molecule has 8 atom stereocenters. The second-order valence-electron chi connectivity index (χ2n) is 11.2. The zero-order valence-corrected chi connectivity index (χ0v) is 21.5. The maximum Gasteiger partial charge on any atom is 0.269 e. The molecule has 0 N–H and O–H groups in total. The summed E-state index contributed by atoms with van der Waals surface area (Å²) < 4.78 is 24.4. The zero-order valence-electron chi connectivity index (χ0n) is 21.5. The molecule has 0 amide bonds. The molecule has 5 heterocycles. The summed E-state index contributed by atoms with van der Waals surface area (Å²) in [6.45, 7) is 6.92. The Hall–Kier alpha value is -2.37. The third-order valence-electron chi connectivity index (χ3n) is 8.96. The molecule has 7 rings (SSSR count). The predicted octanol–water partition coefficient (Wildman–Crippen LogP) is 5.41. The van der Waals surface area contributed by atoms with Crippen molar-refractivity contribution in [3.63, 3.8) is 0 Å². The van der Waals surface area contributed by atoms with Crippen LogP contribution in [0.1, 0.15) is 58.4 Å². The number of nitrogens with zero attached hydrogens (tertiary/aromatic N) is 2. The second kappa shape index (κ2) is 9.43. The summed E-state index contributed by atoms with van der Waals surface area (Å²) in [6, 6.07) is 6.32. The molecule has 1 aromatic carbocycles. The summed E-state index contributed by atoms with van der Waals surface area (Å²) in [5.74, 6) is 0.410. The van der Waals surface area contributed by atoms with Gasteiger partial charge >= 0.3 is 0 Å². The smallest absolute Gasteiger partial charge is 0.269 e. The van der Waals surface area contributed by atoms with E-state index in [0.717, 1.165) is 43.2 Å². The molecule has 1 aromatic heterocycles. The molecule has 1 spiro atoms. The van der Waals surface area contributed by atoms with Gasteiger partial charge in [0.25, 0.3) is 5.69 Å². The highest BCUT2D eigenvalue weighted by atomic mass is 17.3. The molecule has 37 heavy (non-hydrogen) atoms. The van der Waals surface area contributed by atoms with Crippen molar-refractivity contribution < 1.29 is 33.4 Å². The van der Waals surface area contributed by atoms with Gasteiger partial charge in [-0.3, -0.25) is 10.1 Å². The standard InChI is InChI=1S/C27H34N2O8/c1-16-6-11-22-17(2)24(34-25-27(22)21(16)12-13-26(3,35-25)36-37-27)32-14-4-5-19-15-33-28-23(19)18-7-9-20(10-8-18)29(30)31/h7-10,15-17,21-22,24-25H,4-6,11-14H2,1-3H3/t16-,17-,21+,22+,24-,25-,26-,27-/m1/s1. The molecule has 1 saturated carbocycles. The van der Waals surface area contributed by atoms with Crippen LogP contribution in [0.15, 0.2) is 35.1 Å². The van der Waals surface area contributed by atoms with Gasteiger partial charge in [0, 0.05) is 41.5 Å². The van der Waals surface area contributed by atoms with E-state index in [2.05, 4.69) is 19.0 Å². The van der Waals surface area contributed by atoms with Gasteiger partial charge in [0.2, 0.25) is 5.79 Å². The van der Waals surface area contributed by atoms with Gasteiger partial charge in [-0.25, -0.2) is 9.78 Å². The van der Waals surface area contributed by atoms with Crippen LogP contribution in [0.2, 0.25) is 0 Å². The maximum absolute atomic E-state index is 10.9. The maximum atomic E-state index is 10.9. The van der Waals surface area contributed by atoms with Crippen molar-refractivity contribution >= 4 is 5.69 Å². The molecule has 200 valence electrons. The number of aryl methyl sites for hydroxylation is 1. The van der Waals surface area contributed by atoms with E-state index in [1.54, 1.807) is 18.4 Å². The van der Waals surface area contributed by atoms with Crippen LogP contribution in [0.3, 0.4) is 0 Å². The Morgan fingerprint density at radius 2 is 1.95 bits per heavy atom. The van der Waals surface area contributed by atoms with Crippen LogP contribution >= 0.6 is 0 Å². The molecule has 4 saturated heterocycles. The van der Waals surface area contributed by atoms with Crippen molar-refractivity contribution in [1.29, 1.82) is 0 Å². The number of non-ortho nitro benzene ring substituents is 1. The molecular formula is C27H34N2O8. The first-order valence-electron chi connectivity index (χ1n) is 13.3. The van der Waals surface area contributed by atoms with Gasteiger partial charge in [-0.15, -0.1) is 0 Å². The van der Waals surface area contributed by atoms with Gasteiger partial charge in [-0.2, -0.15) is 0 Å². The quantitative estimate of drug-likeness (QED) is 0.207. The highest BCUT2D eigenvalue weighted by molar-refractivity contribution is 5.63. The molecule has 4 aliphatic heterocycles. The van der Waals surface area contributed by atoms with Gasteiger partial charge in [-0.05, 0) is 63.0 Å². The Morgan fingerprint density at radius 3 is 2.73 bits per heavy atom. The van der Waals surface area contributed by atoms with Gasteiger partial charge in [0.15, 0.2) is 18.2 Å². The summed E-state index contributed by atoms with van der Waals surface area (Å²) in [5.41, 5.74) is 1.86. The summed E-state index contributed by atoms with van der Waals surface area (Å²) in [5, 5.41) is 15.1. The number of hydrogen-bond donors (Lipinski definition) is 0.